The highest BCUT2D eigenvalue weighted by atomic mass is 19.4. The van der Waals surface area contributed by atoms with Crippen LogP contribution in [0.5, 0.6) is 0 Å². The van der Waals surface area contributed by atoms with Gasteiger partial charge in [-0.25, -0.2) is 4.79 Å². The molecular formula is C12H13F3N2O. The summed E-state index contributed by atoms with van der Waals surface area (Å²) in [5.74, 6) is 0. The fourth-order valence-corrected chi connectivity index (χ4v) is 1.96. The molecule has 0 saturated carbocycles. The van der Waals surface area contributed by atoms with Gasteiger partial charge in [0, 0.05) is 13.1 Å². The van der Waals surface area contributed by atoms with E-state index in [1.165, 1.54) is 4.90 Å². The van der Waals surface area contributed by atoms with E-state index in [0.29, 0.717) is 19.5 Å². The van der Waals surface area contributed by atoms with Crippen LogP contribution in [0.15, 0.2) is 24.3 Å². The smallest absolute Gasteiger partial charge is 0.329 e. The molecule has 18 heavy (non-hydrogen) atoms. The lowest BCUT2D eigenvalue weighted by molar-refractivity contribution is -0.123. The molecule has 0 fully saturated rings. The minimum absolute atomic E-state index is 0.361. The normalized spacial score (nSPS) is 15.2. The molecule has 0 aliphatic carbocycles. The van der Waals surface area contributed by atoms with Gasteiger partial charge in [0.1, 0.15) is 6.54 Å². The summed E-state index contributed by atoms with van der Waals surface area (Å²) in [7, 11) is 0. The third-order valence-corrected chi connectivity index (χ3v) is 2.86. The summed E-state index contributed by atoms with van der Waals surface area (Å²) in [6, 6.07) is 6.97. The summed E-state index contributed by atoms with van der Waals surface area (Å²) in [6.07, 6.45) is -3.70. The molecule has 1 heterocycles. The maximum Gasteiger partial charge on any atom is 0.405 e. The number of hydrogen-bond donors (Lipinski definition) is 1. The number of carbonyl (C=O) groups excluding carboxylic acids is 1. The largest absolute Gasteiger partial charge is 0.405 e. The van der Waals surface area contributed by atoms with Crippen LogP contribution in [-0.2, 0) is 13.0 Å². The number of nitrogens with zero attached hydrogens (tertiary/aromatic N) is 1. The first-order chi connectivity index (χ1) is 8.46. The number of halogens is 3. The highest BCUT2D eigenvalue weighted by molar-refractivity contribution is 5.74. The van der Waals surface area contributed by atoms with Gasteiger partial charge in [-0.05, 0) is 17.5 Å². The van der Waals surface area contributed by atoms with Crippen molar-refractivity contribution in [3.8, 4) is 0 Å². The zero-order valence-electron chi connectivity index (χ0n) is 9.63. The average molecular weight is 258 g/mol. The van der Waals surface area contributed by atoms with E-state index >= 15 is 0 Å². The second-order valence-electron chi connectivity index (χ2n) is 4.21. The van der Waals surface area contributed by atoms with E-state index < -0.39 is 18.8 Å². The first-order valence-electron chi connectivity index (χ1n) is 5.62. The lowest BCUT2D eigenvalue weighted by Crippen LogP contribution is -2.45. The van der Waals surface area contributed by atoms with Gasteiger partial charge >= 0.3 is 12.2 Å². The highest BCUT2D eigenvalue weighted by Crippen LogP contribution is 2.18. The molecule has 0 unspecified atom stereocenters. The molecule has 3 nitrogen and oxygen atoms in total. The van der Waals surface area contributed by atoms with Crippen LogP contribution >= 0.6 is 0 Å². The van der Waals surface area contributed by atoms with Crippen LogP contribution in [-0.4, -0.2) is 30.2 Å². The fraction of sp³-hybridized carbons (Fsp3) is 0.417. The predicted octanol–water partition coefficient (Wildman–Crippen LogP) is 2.32. The Kier molecular flexibility index (Phi) is 3.45. The highest BCUT2D eigenvalue weighted by Gasteiger charge is 2.29. The summed E-state index contributed by atoms with van der Waals surface area (Å²) in [6.45, 7) is -0.482. The van der Waals surface area contributed by atoms with Gasteiger partial charge in [0.05, 0.1) is 0 Å². The molecular weight excluding hydrogens is 245 g/mol. The maximum atomic E-state index is 12.0. The Hall–Kier alpha value is -1.72. The van der Waals surface area contributed by atoms with Gasteiger partial charge in [-0.2, -0.15) is 13.2 Å². The second-order valence-corrected chi connectivity index (χ2v) is 4.21. The molecule has 0 spiro atoms. The standard InChI is InChI=1S/C12H13F3N2O/c13-12(14,15)8-16-11(18)17-6-5-9-3-1-2-4-10(9)7-17/h1-4H,5-8H2,(H,16,18). The number of amides is 2. The lowest BCUT2D eigenvalue weighted by atomic mass is 10.0. The van der Waals surface area contributed by atoms with Crippen LogP contribution in [0.25, 0.3) is 0 Å². The van der Waals surface area contributed by atoms with Crippen molar-refractivity contribution in [3.05, 3.63) is 35.4 Å². The Bertz CT molecular complexity index is 445. The first kappa shape index (κ1) is 12.7. The number of carbonyl (C=O) groups is 1. The van der Waals surface area contributed by atoms with Gasteiger partial charge in [0.15, 0.2) is 0 Å². The van der Waals surface area contributed by atoms with Crippen molar-refractivity contribution in [1.29, 1.82) is 0 Å². The quantitative estimate of drug-likeness (QED) is 0.823. The topological polar surface area (TPSA) is 32.3 Å². The summed E-state index contributed by atoms with van der Waals surface area (Å²) in [5.41, 5.74) is 2.14. The molecule has 1 aliphatic rings. The zero-order valence-corrected chi connectivity index (χ0v) is 9.63. The Morgan fingerprint density at radius 2 is 1.94 bits per heavy atom. The zero-order chi connectivity index (χ0) is 13.2. The minimum Gasteiger partial charge on any atom is -0.329 e. The SMILES string of the molecule is O=C(NCC(F)(F)F)N1CCc2ccccc2C1. The molecule has 0 radical (unpaired) electrons. The number of fused-ring (bicyclic) bond motifs is 1. The molecule has 98 valence electrons. The van der Waals surface area contributed by atoms with Crippen molar-refractivity contribution < 1.29 is 18.0 Å². The maximum absolute atomic E-state index is 12.0. The summed E-state index contributed by atoms with van der Waals surface area (Å²) >= 11 is 0. The van der Waals surface area contributed by atoms with Crippen LogP contribution < -0.4 is 5.32 Å². The summed E-state index contributed by atoms with van der Waals surface area (Å²) in [5, 5.41) is 1.89. The van der Waals surface area contributed by atoms with E-state index in [9.17, 15) is 18.0 Å². The van der Waals surface area contributed by atoms with E-state index in [1.807, 2.05) is 29.6 Å². The van der Waals surface area contributed by atoms with E-state index in [2.05, 4.69) is 0 Å². The van der Waals surface area contributed by atoms with Gasteiger partial charge < -0.3 is 10.2 Å². The predicted molar refractivity (Wildman–Crippen MR) is 60.0 cm³/mol. The van der Waals surface area contributed by atoms with Crippen LogP contribution in [0.4, 0.5) is 18.0 Å². The van der Waals surface area contributed by atoms with Crippen molar-refractivity contribution >= 4 is 6.03 Å². The van der Waals surface area contributed by atoms with Gasteiger partial charge in [-0.15, -0.1) is 0 Å². The number of hydrogen-bond acceptors (Lipinski definition) is 1. The molecule has 6 heteroatoms. The average Bonchev–Trinajstić information content (AvgIpc) is 2.34. The van der Waals surface area contributed by atoms with Crippen LogP contribution in [0.3, 0.4) is 0 Å². The number of urea groups is 1. The molecule has 0 atom stereocenters. The molecule has 1 N–H and O–H groups in total. The monoisotopic (exact) mass is 258 g/mol. The van der Waals surface area contributed by atoms with E-state index in [-0.39, 0.29) is 0 Å². The van der Waals surface area contributed by atoms with Crippen molar-refractivity contribution in [2.24, 2.45) is 0 Å². The molecule has 2 amide bonds. The van der Waals surface area contributed by atoms with Gasteiger partial charge in [-0.3, -0.25) is 0 Å². The third-order valence-electron chi connectivity index (χ3n) is 2.86. The molecule has 1 aromatic rings. The molecule has 0 aromatic heterocycles. The number of alkyl halides is 3. The van der Waals surface area contributed by atoms with Gasteiger partial charge in [0.25, 0.3) is 0 Å². The third kappa shape index (κ3) is 3.15. The molecule has 1 aliphatic heterocycles. The van der Waals surface area contributed by atoms with Crippen molar-refractivity contribution in [1.82, 2.24) is 10.2 Å². The lowest BCUT2D eigenvalue weighted by Gasteiger charge is -2.29. The van der Waals surface area contributed by atoms with Gasteiger partial charge in [-0.1, -0.05) is 24.3 Å². The van der Waals surface area contributed by atoms with Crippen LogP contribution in [0.2, 0.25) is 0 Å². The molecule has 2 rings (SSSR count). The summed E-state index contributed by atoms with van der Waals surface area (Å²) in [4.78, 5) is 13.0. The summed E-state index contributed by atoms with van der Waals surface area (Å²) < 4.78 is 36.0. The second kappa shape index (κ2) is 4.88. The van der Waals surface area contributed by atoms with Crippen LogP contribution in [0.1, 0.15) is 11.1 Å². The number of benzene rings is 1. The molecule has 1 aromatic carbocycles. The number of nitrogens with one attached hydrogen (secondary N) is 1. The van der Waals surface area contributed by atoms with Gasteiger partial charge in [0.2, 0.25) is 0 Å². The van der Waals surface area contributed by atoms with Crippen molar-refractivity contribution in [3.63, 3.8) is 0 Å². The van der Waals surface area contributed by atoms with Crippen LogP contribution in [0, 0.1) is 0 Å². The fourth-order valence-electron chi connectivity index (χ4n) is 1.96. The van der Waals surface area contributed by atoms with Crippen molar-refractivity contribution in [2.75, 3.05) is 13.1 Å². The Labute approximate surface area is 103 Å². The van der Waals surface area contributed by atoms with E-state index in [4.69, 9.17) is 0 Å². The molecule has 0 bridgehead atoms. The number of rotatable bonds is 1. The van der Waals surface area contributed by atoms with E-state index in [0.717, 1.165) is 11.1 Å². The van der Waals surface area contributed by atoms with Crippen molar-refractivity contribution in [2.45, 2.75) is 19.1 Å². The molecule has 0 saturated heterocycles. The Balaban J connectivity index is 1.95. The Morgan fingerprint density at radius 3 is 2.61 bits per heavy atom. The minimum atomic E-state index is -4.37. The first-order valence-corrected chi connectivity index (χ1v) is 5.62. The Morgan fingerprint density at radius 1 is 1.28 bits per heavy atom. The van der Waals surface area contributed by atoms with E-state index in [1.54, 1.807) is 0 Å².